The van der Waals surface area contributed by atoms with Crippen molar-refractivity contribution < 1.29 is 4.74 Å². The molecule has 0 bridgehead atoms. The molecular weight excluding hydrogens is 453 g/mol. The molecular formula is C20H32IN5O. The molecule has 4 aliphatic rings. The van der Waals surface area contributed by atoms with Gasteiger partial charge in [0.25, 0.3) is 0 Å². The van der Waals surface area contributed by atoms with Gasteiger partial charge in [-0.05, 0) is 38.2 Å². The van der Waals surface area contributed by atoms with E-state index < -0.39 is 0 Å². The molecule has 1 aromatic heterocycles. The first-order valence-electron chi connectivity index (χ1n) is 10.4. The van der Waals surface area contributed by atoms with Crippen LogP contribution in [0.3, 0.4) is 0 Å². The zero-order chi connectivity index (χ0) is 17.7. The van der Waals surface area contributed by atoms with Gasteiger partial charge in [-0.1, -0.05) is 6.42 Å². The average molecular weight is 485 g/mol. The van der Waals surface area contributed by atoms with Gasteiger partial charge < -0.3 is 15.0 Å². The van der Waals surface area contributed by atoms with Crippen molar-refractivity contribution in [1.29, 1.82) is 0 Å². The highest BCUT2D eigenvalue weighted by Crippen LogP contribution is 2.62. The van der Waals surface area contributed by atoms with E-state index in [2.05, 4.69) is 28.4 Å². The molecule has 2 aliphatic carbocycles. The molecule has 5 rings (SSSR count). The second kappa shape index (κ2) is 7.54. The second-order valence-electron chi connectivity index (χ2n) is 8.63. The summed E-state index contributed by atoms with van der Waals surface area (Å²) < 4.78 is 7.99. The molecule has 27 heavy (non-hydrogen) atoms. The fraction of sp³-hybridized carbons (Fsp3) is 0.800. The first-order valence-corrected chi connectivity index (χ1v) is 10.4. The van der Waals surface area contributed by atoms with Crippen LogP contribution in [0.15, 0.2) is 17.4 Å². The lowest BCUT2D eigenvalue weighted by Crippen LogP contribution is -2.72. The normalized spacial score (nSPS) is 34.0. The van der Waals surface area contributed by atoms with Crippen LogP contribution in [-0.2, 0) is 11.8 Å². The van der Waals surface area contributed by atoms with Gasteiger partial charge in [-0.2, -0.15) is 5.10 Å². The Morgan fingerprint density at radius 3 is 2.93 bits per heavy atom. The molecule has 4 unspecified atom stereocenters. The maximum atomic E-state index is 6.08. The lowest BCUT2D eigenvalue weighted by Gasteiger charge is -2.63. The third-order valence-corrected chi connectivity index (χ3v) is 7.31. The molecule has 1 aromatic rings. The Bertz CT molecular complexity index is 700. The Morgan fingerprint density at radius 1 is 1.41 bits per heavy atom. The Balaban J connectivity index is 0.00000180. The summed E-state index contributed by atoms with van der Waals surface area (Å²) in [6, 6.07) is 0.562. The lowest BCUT2D eigenvalue weighted by atomic mass is 9.46. The summed E-state index contributed by atoms with van der Waals surface area (Å²) >= 11 is 0. The van der Waals surface area contributed by atoms with Crippen LogP contribution in [0.1, 0.15) is 50.5 Å². The number of rotatable bonds is 3. The van der Waals surface area contributed by atoms with Crippen LogP contribution in [0.25, 0.3) is 0 Å². The van der Waals surface area contributed by atoms with E-state index in [4.69, 9.17) is 9.73 Å². The number of nitrogens with one attached hydrogen (secondary N) is 1. The first-order chi connectivity index (χ1) is 12.7. The summed E-state index contributed by atoms with van der Waals surface area (Å²) in [5, 5.41) is 8.26. The summed E-state index contributed by atoms with van der Waals surface area (Å²) in [7, 11) is 2.00. The summed E-state index contributed by atoms with van der Waals surface area (Å²) in [6.45, 7) is 6.04. The number of guanidine groups is 1. The van der Waals surface area contributed by atoms with Gasteiger partial charge in [0, 0.05) is 62.8 Å². The topological polar surface area (TPSA) is 54.7 Å². The summed E-state index contributed by atoms with van der Waals surface area (Å²) in [6.07, 6.45) is 11.1. The van der Waals surface area contributed by atoms with Gasteiger partial charge in [-0.25, -0.2) is 0 Å². The molecule has 0 aromatic carbocycles. The number of aryl methyl sites for hydroxylation is 1. The molecule has 2 aliphatic heterocycles. The van der Waals surface area contributed by atoms with E-state index in [0.29, 0.717) is 29.4 Å². The Kier molecular flexibility index (Phi) is 5.44. The van der Waals surface area contributed by atoms with Crippen molar-refractivity contribution in [2.45, 2.75) is 57.1 Å². The summed E-state index contributed by atoms with van der Waals surface area (Å²) in [5.74, 6) is 2.38. The Morgan fingerprint density at radius 2 is 2.26 bits per heavy atom. The van der Waals surface area contributed by atoms with E-state index in [1.165, 1.54) is 37.7 Å². The average Bonchev–Trinajstić information content (AvgIpc) is 3.30. The molecule has 0 amide bonds. The zero-order valence-electron chi connectivity index (χ0n) is 16.4. The van der Waals surface area contributed by atoms with E-state index in [9.17, 15) is 0 Å². The smallest absolute Gasteiger partial charge is 0.194 e. The zero-order valence-corrected chi connectivity index (χ0v) is 18.8. The second-order valence-corrected chi connectivity index (χ2v) is 8.63. The maximum absolute atomic E-state index is 6.08. The SMILES string of the molecule is CCN=C(NC1C2CCOC2C12CCC2)N1CCC(c2cnn(C)c2)C1.I. The van der Waals surface area contributed by atoms with Gasteiger partial charge in [-0.3, -0.25) is 9.67 Å². The molecule has 3 heterocycles. The number of hydrogen-bond acceptors (Lipinski definition) is 3. The van der Waals surface area contributed by atoms with Crippen LogP contribution in [0.5, 0.6) is 0 Å². The number of halogens is 1. The monoisotopic (exact) mass is 485 g/mol. The molecule has 1 N–H and O–H groups in total. The minimum absolute atomic E-state index is 0. The van der Waals surface area contributed by atoms with Gasteiger partial charge in [-0.15, -0.1) is 24.0 Å². The molecule has 0 radical (unpaired) electrons. The Labute approximate surface area is 179 Å². The van der Waals surface area contributed by atoms with E-state index in [1.54, 1.807) is 0 Å². The number of fused-ring (bicyclic) bond motifs is 2. The van der Waals surface area contributed by atoms with Crippen molar-refractivity contribution in [1.82, 2.24) is 20.0 Å². The van der Waals surface area contributed by atoms with E-state index in [0.717, 1.165) is 32.2 Å². The molecule has 2 saturated carbocycles. The lowest BCUT2D eigenvalue weighted by molar-refractivity contribution is -0.171. The van der Waals surface area contributed by atoms with Gasteiger partial charge in [0.05, 0.1) is 12.3 Å². The largest absolute Gasteiger partial charge is 0.377 e. The van der Waals surface area contributed by atoms with E-state index in [1.807, 2.05) is 17.9 Å². The van der Waals surface area contributed by atoms with Crippen LogP contribution in [0, 0.1) is 11.3 Å². The fourth-order valence-corrected chi connectivity index (χ4v) is 5.86. The van der Waals surface area contributed by atoms with Crippen molar-refractivity contribution in [3.63, 3.8) is 0 Å². The maximum Gasteiger partial charge on any atom is 0.194 e. The standard InChI is InChI=1S/C20H31N5O.HI/c1-3-21-19(25-9-5-14(13-25)15-11-22-24(2)12-15)23-17-16-6-10-26-18(16)20(17)7-4-8-20;/h11-12,14,16-18H,3-10,13H2,1-2H3,(H,21,23);1H. The predicted octanol–water partition coefficient (Wildman–Crippen LogP) is 2.75. The van der Waals surface area contributed by atoms with Gasteiger partial charge in [0.15, 0.2) is 5.96 Å². The van der Waals surface area contributed by atoms with Crippen molar-refractivity contribution in [2.24, 2.45) is 23.4 Å². The summed E-state index contributed by atoms with van der Waals surface area (Å²) in [4.78, 5) is 7.34. The minimum Gasteiger partial charge on any atom is -0.377 e. The highest BCUT2D eigenvalue weighted by Gasteiger charge is 2.66. The molecule has 1 spiro atoms. The Hall–Kier alpha value is -0.830. The minimum atomic E-state index is 0. The number of ether oxygens (including phenoxy) is 1. The third-order valence-electron chi connectivity index (χ3n) is 7.31. The third kappa shape index (κ3) is 3.09. The number of aromatic nitrogens is 2. The fourth-order valence-electron chi connectivity index (χ4n) is 5.86. The van der Waals surface area contributed by atoms with Crippen LogP contribution < -0.4 is 5.32 Å². The number of aliphatic imine (C=N–C) groups is 1. The molecule has 4 fully saturated rings. The number of nitrogens with zero attached hydrogens (tertiary/aromatic N) is 4. The van der Waals surface area contributed by atoms with E-state index in [-0.39, 0.29) is 24.0 Å². The van der Waals surface area contributed by atoms with Crippen molar-refractivity contribution >= 4 is 29.9 Å². The van der Waals surface area contributed by atoms with Crippen LogP contribution in [0.2, 0.25) is 0 Å². The van der Waals surface area contributed by atoms with Crippen molar-refractivity contribution in [3.05, 3.63) is 18.0 Å². The van der Waals surface area contributed by atoms with E-state index >= 15 is 0 Å². The van der Waals surface area contributed by atoms with Crippen LogP contribution >= 0.6 is 24.0 Å². The van der Waals surface area contributed by atoms with Crippen LogP contribution in [-0.4, -0.2) is 59.0 Å². The molecule has 150 valence electrons. The van der Waals surface area contributed by atoms with Gasteiger partial charge in [0.2, 0.25) is 0 Å². The van der Waals surface area contributed by atoms with Gasteiger partial charge >= 0.3 is 0 Å². The molecule has 6 nitrogen and oxygen atoms in total. The molecule has 2 saturated heterocycles. The van der Waals surface area contributed by atoms with Gasteiger partial charge in [0.1, 0.15) is 0 Å². The van der Waals surface area contributed by atoms with Crippen molar-refractivity contribution in [3.8, 4) is 0 Å². The predicted molar refractivity (Wildman–Crippen MR) is 117 cm³/mol. The molecule has 7 heteroatoms. The molecule has 4 atom stereocenters. The first kappa shape index (κ1) is 19.5. The highest BCUT2D eigenvalue weighted by molar-refractivity contribution is 14.0. The highest BCUT2D eigenvalue weighted by atomic mass is 127. The number of likely N-dealkylation sites (tertiary alicyclic amines) is 1. The van der Waals surface area contributed by atoms with Crippen molar-refractivity contribution in [2.75, 3.05) is 26.2 Å². The summed E-state index contributed by atoms with van der Waals surface area (Å²) in [5.41, 5.74) is 1.76. The van der Waals surface area contributed by atoms with Crippen LogP contribution in [0.4, 0.5) is 0 Å². The number of hydrogen-bond donors (Lipinski definition) is 1. The quantitative estimate of drug-likeness (QED) is 0.407.